The first-order chi connectivity index (χ1) is 9.90. The minimum absolute atomic E-state index is 0.874. The molecule has 0 atom stereocenters. The van der Waals surface area contributed by atoms with Crippen LogP contribution in [0.3, 0.4) is 0 Å². The van der Waals surface area contributed by atoms with E-state index < -0.39 is 0 Å². The molecule has 2 N–H and O–H groups in total. The Morgan fingerprint density at radius 3 is 2.45 bits per heavy atom. The molecule has 0 saturated carbocycles. The number of H-pyrrole nitrogens is 1. The second kappa shape index (κ2) is 4.53. The number of hydrogen-bond donors (Lipinski definition) is 2. The highest BCUT2D eigenvalue weighted by atomic mass is 15.1. The molecule has 0 aliphatic carbocycles. The summed E-state index contributed by atoms with van der Waals surface area (Å²) in [6.07, 6.45) is 0. The summed E-state index contributed by atoms with van der Waals surface area (Å²) in [7, 11) is 0. The van der Waals surface area contributed by atoms with E-state index in [9.17, 15) is 0 Å². The molecule has 2 heterocycles. The van der Waals surface area contributed by atoms with E-state index in [1.807, 2.05) is 0 Å². The highest BCUT2D eigenvalue weighted by Gasteiger charge is 2.08. The minimum atomic E-state index is 0.874. The number of nitrogens with zero attached hydrogens (tertiary/aromatic N) is 1. The van der Waals surface area contributed by atoms with E-state index in [1.54, 1.807) is 0 Å². The van der Waals surface area contributed by atoms with Crippen LogP contribution in [-0.4, -0.2) is 23.9 Å². The summed E-state index contributed by atoms with van der Waals surface area (Å²) in [5.74, 6) is 1.01. The lowest BCUT2D eigenvalue weighted by Crippen LogP contribution is -2.19. The Kier molecular flexibility index (Phi) is 2.56. The Hall–Kier alpha value is -2.55. The Labute approximate surface area is 117 Å². The molecule has 1 aliphatic rings. The Balaban J connectivity index is 1.71. The van der Waals surface area contributed by atoms with Crippen LogP contribution in [0.4, 0.5) is 0 Å². The summed E-state index contributed by atoms with van der Waals surface area (Å²) in [5, 5.41) is 4.54. The molecule has 98 valence electrons. The number of aliphatic imine (C=N–C) groups is 1. The first-order valence-corrected chi connectivity index (χ1v) is 6.87. The van der Waals surface area contributed by atoms with Crippen LogP contribution in [0, 0.1) is 0 Å². The molecule has 1 aliphatic heterocycles. The molecular weight excluding hydrogens is 246 g/mol. The topological polar surface area (TPSA) is 40.2 Å². The van der Waals surface area contributed by atoms with Crippen molar-refractivity contribution >= 4 is 16.7 Å². The normalized spacial score (nSPS) is 14.3. The van der Waals surface area contributed by atoms with E-state index in [-0.39, 0.29) is 0 Å². The second-order valence-electron chi connectivity index (χ2n) is 5.00. The number of para-hydroxylation sites is 1. The quantitative estimate of drug-likeness (QED) is 0.730. The van der Waals surface area contributed by atoms with Crippen LogP contribution in [0.1, 0.15) is 5.56 Å². The van der Waals surface area contributed by atoms with Crippen LogP contribution < -0.4 is 5.32 Å². The molecule has 20 heavy (non-hydrogen) atoms. The van der Waals surface area contributed by atoms with E-state index in [0.717, 1.165) is 30.2 Å². The smallest absolute Gasteiger partial charge is 0.128 e. The maximum absolute atomic E-state index is 4.44. The summed E-state index contributed by atoms with van der Waals surface area (Å²) in [4.78, 5) is 7.90. The predicted molar refractivity (Wildman–Crippen MR) is 83.1 cm³/mol. The number of amidine groups is 1. The molecule has 0 amide bonds. The maximum atomic E-state index is 4.44. The number of fused-ring (bicyclic) bond motifs is 1. The first kappa shape index (κ1) is 11.3. The Morgan fingerprint density at radius 2 is 1.70 bits per heavy atom. The summed E-state index contributed by atoms with van der Waals surface area (Å²) < 4.78 is 0. The van der Waals surface area contributed by atoms with Gasteiger partial charge in [0.25, 0.3) is 0 Å². The SMILES string of the molecule is c1ccc2[nH]c(-c3ccc(C4=NCCN4)cc3)cc2c1. The lowest BCUT2D eigenvalue weighted by molar-refractivity contribution is 0.960. The molecule has 0 unspecified atom stereocenters. The first-order valence-electron chi connectivity index (χ1n) is 6.87. The van der Waals surface area contributed by atoms with Gasteiger partial charge in [-0.2, -0.15) is 0 Å². The van der Waals surface area contributed by atoms with E-state index in [1.165, 1.54) is 16.5 Å². The zero-order valence-corrected chi connectivity index (χ0v) is 11.1. The summed E-state index contributed by atoms with van der Waals surface area (Å²) >= 11 is 0. The fourth-order valence-electron chi connectivity index (χ4n) is 2.63. The van der Waals surface area contributed by atoms with Gasteiger partial charge in [-0.3, -0.25) is 4.99 Å². The van der Waals surface area contributed by atoms with Gasteiger partial charge in [0.2, 0.25) is 0 Å². The lowest BCUT2D eigenvalue weighted by Gasteiger charge is -2.03. The van der Waals surface area contributed by atoms with E-state index >= 15 is 0 Å². The van der Waals surface area contributed by atoms with Crippen LogP contribution in [0.5, 0.6) is 0 Å². The molecule has 0 saturated heterocycles. The molecule has 1 aromatic heterocycles. The molecule has 3 heteroatoms. The van der Waals surface area contributed by atoms with Gasteiger partial charge in [-0.05, 0) is 17.7 Å². The fraction of sp³-hybridized carbons (Fsp3) is 0.118. The van der Waals surface area contributed by atoms with Gasteiger partial charge in [-0.1, -0.05) is 42.5 Å². The summed E-state index contributed by atoms with van der Waals surface area (Å²) in [5.41, 5.74) is 4.68. The van der Waals surface area contributed by atoms with Gasteiger partial charge in [-0.15, -0.1) is 0 Å². The van der Waals surface area contributed by atoms with Crippen molar-refractivity contribution in [1.82, 2.24) is 10.3 Å². The van der Waals surface area contributed by atoms with Crippen LogP contribution in [0.2, 0.25) is 0 Å². The zero-order chi connectivity index (χ0) is 13.4. The van der Waals surface area contributed by atoms with Gasteiger partial charge in [-0.25, -0.2) is 0 Å². The fourth-order valence-corrected chi connectivity index (χ4v) is 2.63. The predicted octanol–water partition coefficient (Wildman–Crippen LogP) is 3.18. The van der Waals surface area contributed by atoms with E-state index in [2.05, 4.69) is 69.9 Å². The minimum Gasteiger partial charge on any atom is -0.368 e. The van der Waals surface area contributed by atoms with Crippen molar-refractivity contribution in [2.45, 2.75) is 0 Å². The van der Waals surface area contributed by atoms with Gasteiger partial charge in [0, 0.05) is 28.7 Å². The molecule has 0 fully saturated rings. The number of hydrogen-bond acceptors (Lipinski definition) is 2. The highest BCUT2D eigenvalue weighted by Crippen LogP contribution is 2.24. The third-order valence-electron chi connectivity index (χ3n) is 3.67. The van der Waals surface area contributed by atoms with Crippen LogP contribution in [0.25, 0.3) is 22.2 Å². The summed E-state index contributed by atoms with van der Waals surface area (Å²) in [6.45, 7) is 1.82. The van der Waals surface area contributed by atoms with E-state index in [0.29, 0.717) is 0 Å². The molecule has 2 aromatic carbocycles. The summed E-state index contributed by atoms with van der Waals surface area (Å²) in [6, 6.07) is 19.1. The number of aromatic amines is 1. The second-order valence-corrected chi connectivity index (χ2v) is 5.00. The zero-order valence-electron chi connectivity index (χ0n) is 11.1. The van der Waals surface area contributed by atoms with Crippen molar-refractivity contribution in [1.29, 1.82) is 0 Å². The van der Waals surface area contributed by atoms with Crippen molar-refractivity contribution in [3.05, 3.63) is 60.2 Å². The van der Waals surface area contributed by atoms with Gasteiger partial charge >= 0.3 is 0 Å². The largest absolute Gasteiger partial charge is 0.368 e. The number of rotatable bonds is 2. The van der Waals surface area contributed by atoms with Crippen LogP contribution >= 0.6 is 0 Å². The third-order valence-corrected chi connectivity index (χ3v) is 3.67. The molecular formula is C17H15N3. The van der Waals surface area contributed by atoms with Crippen molar-refractivity contribution in [3.8, 4) is 11.3 Å². The van der Waals surface area contributed by atoms with Gasteiger partial charge in [0.05, 0.1) is 6.54 Å². The maximum Gasteiger partial charge on any atom is 0.128 e. The molecule has 3 nitrogen and oxygen atoms in total. The van der Waals surface area contributed by atoms with Gasteiger partial charge in [0.1, 0.15) is 5.84 Å². The molecule has 0 bridgehead atoms. The van der Waals surface area contributed by atoms with Gasteiger partial charge in [0.15, 0.2) is 0 Å². The van der Waals surface area contributed by atoms with E-state index in [4.69, 9.17) is 0 Å². The number of benzene rings is 2. The average molecular weight is 261 g/mol. The third kappa shape index (κ3) is 1.88. The van der Waals surface area contributed by atoms with Crippen molar-refractivity contribution < 1.29 is 0 Å². The number of aromatic nitrogens is 1. The molecule has 0 radical (unpaired) electrons. The van der Waals surface area contributed by atoms with Crippen LogP contribution in [-0.2, 0) is 0 Å². The van der Waals surface area contributed by atoms with Crippen molar-refractivity contribution in [3.63, 3.8) is 0 Å². The standard InChI is InChI=1S/C17H15N3/c1-2-4-15-14(3-1)11-16(20-15)12-5-7-13(8-6-12)17-18-9-10-19-17/h1-8,11,20H,9-10H2,(H,18,19). The highest BCUT2D eigenvalue weighted by molar-refractivity contribution is 6.00. The molecule has 3 aromatic rings. The van der Waals surface area contributed by atoms with Crippen molar-refractivity contribution in [2.24, 2.45) is 4.99 Å². The average Bonchev–Trinajstić information content (AvgIpc) is 3.17. The Bertz CT molecular complexity index is 748. The molecule has 0 spiro atoms. The monoisotopic (exact) mass is 261 g/mol. The van der Waals surface area contributed by atoms with Crippen LogP contribution in [0.15, 0.2) is 59.6 Å². The lowest BCUT2D eigenvalue weighted by atomic mass is 10.1. The van der Waals surface area contributed by atoms with Gasteiger partial charge < -0.3 is 10.3 Å². The number of nitrogens with one attached hydrogen (secondary N) is 2. The molecule has 4 rings (SSSR count). The van der Waals surface area contributed by atoms with Crippen molar-refractivity contribution in [2.75, 3.05) is 13.1 Å². The Morgan fingerprint density at radius 1 is 0.900 bits per heavy atom.